The van der Waals surface area contributed by atoms with Crippen molar-refractivity contribution in [2.24, 2.45) is 7.05 Å². The standard InChI is InChI=1S/C19H23N5O3S/c1-22-7-9-24(10-8-22)16(25)12-28-19-21-20-18(23(19)2)15-11-13-5-4-6-14(26-3)17(13)27-15/h4-6,11H,7-10,12H2,1-3H3. The van der Waals surface area contributed by atoms with Crippen LogP contribution in [0.5, 0.6) is 5.75 Å². The smallest absolute Gasteiger partial charge is 0.233 e. The van der Waals surface area contributed by atoms with Crippen LogP contribution >= 0.6 is 11.8 Å². The molecule has 28 heavy (non-hydrogen) atoms. The summed E-state index contributed by atoms with van der Waals surface area (Å²) in [5, 5.41) is 10.1. The Morgan fingerprint density at radius 3 is 2.75 bits per heavy atom. The second-order valence-corrected chi connectivity index (χ2v) is 7.77. The van der Waals surface area contributed by atoms with Crippen molar-refractivity contribution < 1.29 is 13.9 Å². The van der Waals surface area contributed by atoms with Crippen LogP contribution in [0.3, 0.4) is 0 Å². The van der Waals surface area contributed by atoms with E-state index in [2.05, 4.69) is 22.1 Å². The number of nitrogens with zero attached hydrogens (tertiary/aromatic N) is 5. The zero-order valence-corrected chi connectivity index (χ0v) is 17.0. The van der Waals surface area contributed by atoms with Gasteiger partial charge in [0.15, 0.2) is 28.1 Å². The minimum atomic E-state index is 0.135. The Morgan fingerprint density at radius 1 is 1.21 bits per heavy atom. The molecule has 1 saturated heterocycles. The van der Waals surface area contributed by atoms with Crippen molar-refractivity contribution >= 4 is 28.6 Å². The van der Waals surface area contributed by atoms with Crippen LogP contribution in [0.1, 0.15) is 0 Å². The second kappa shape index (κ2) is 7.84. The highest BCUT2D eigenvalue weighted by Gasteiger charge is 2.21. The third kappa shape index (κ3) is 3.59. The molecule has 0 unspecified atom stereocenters. The average Bonchev–Trinajstić information content (AvgIpc) is 3.29. The van der Waals surface area contributed by atoms with E-state index in [4.69, 9.17) is 9.15 Å². The van der Waals surface area contributed by atoms with Gasteiger partial charge < -0.3 is 23.5 Å². The molecule has 0 radical (unpaired) electrons. The summed E-state index contributed by atoms with van der Waals surface area (Å²) in [6.07, 6.45) is 0. The van der Waals surface area contributed by atoms with E-state index in [1.807, 2.05) is 40.8 Å². The van der Waals surface area contributed by atoms with E-state index in [9.17, 15) is 4.79 Å². The fourth-order valence-electron chi connectivity index (χ4n) is 3.24. The van der Waals surface area contributed by atoms with E-state index in [0.29, 0.717) is 33.8 Å². The lowest BCUT2D eigenvalue weighted by molar-refractivity contribution is -0.129. The van der Waals surface area contributed by atoms with Gasteiger partial charge in [-0.15, -0.1) is 10.2 Å². The molecule has 0 N–H and O–H groups in total. The molecule has 3 aromatic rings. The number of piperazine rings is 1. The van der Waals surface area contributed by atoms with E-state index < -0.39 is 0 Å². The van der Waals surface area contributed by atoms with Gasteiger partial charge in [-0.2, -0.15) is 0 Å². The fourth-order valence-corrected chi connectivity index (χ4v) is 4.05. The van der Waals surface area contributed by atoms with Crippen LogP contribution in [-0.2, 0) is 11.8 Å². The van der Waals surface area contributed by atoms with Crippen molar-refractivity contribution in [2.75, 3.05) is 46.1 Å². The SMILES string of the molecule is COc1cccc2cc(-c3nnc(SCC(=O)N4CCN(C)CC4)n3C)oc12. The molecule has 0 atom stereocenters. The molecule has 8 nitrogen and oxygen atoms in total. The highest BCUT2D eigenvalue weighted by atomic mass is 32.2. The third-order valence-electron chi connectivity index (χ3n) is 4.96. The van der Waals surface area contributed by atoms with Gasteiger partial charge >= 0.3 is 0 Å². The minimum absolute atomic E-state index is 0.135. The van der Waals surface area contributed by atoms with Crippen LogP contribution < -0.4 is 4.74 Å². The molecule has 1 amide bonds. The van der Waals surface area contributed by atoms with Crippen molar-refractivity contribution in [3.8, 4) is 17.3 Å². The number of hydrogen-bond acceptors (Lipinski definition) is 7. The first kappa shape index (κ1) is 18.8. The lowest BCUT2D eigenvalue weighted by atomic mass is 10.2. The number of aromatic nitrogens is 3. The van der Waals surface area contributed by atoms with Crippen LogP contribution in [0, 0.1) is 0 Å². The molecule has 1 aliphatic rings. The maximum absolute atomic E-state index is 12.5. The lowest BCUT2D eigenvalue weighted by Gasteiger charge is -2.32. The van der Waals surface area contributed by atoms with Crippen LogP contribution in [-0.4, -0.2) is 76.6 Å². The monoisotopic (exact) mass is 401 g/mol. The Balaban J connectivity index is 1.48. The van der Waals surface area contributed by atoms with Crippen LogP contribution in [0.25, 0.3) is 22.6 Å². The molecule has 0 spiro atoms. The quantitative estimate of drug-likeness (QED) is 0.606. The summed E-state index contributed by atoms with van der Waals surface area (Å²) in [7, 11) is 5.57. The summed E-state index contributed by atoms with van der Waals surface area (Å²) in [6.45, 7) is 3.39. The number of carbonyl (C=O) groups excluding carboxylic acids is 1. The normalized spacial score (nSPS) is 15.3. The number of furan rings is 1. The van der Waals surface area contributed by atoms with Gasteiger partial charge in [0, 0.05) is 38.6 Å². The topological polar surface area (TPSA) is 76.6 Å². The van der Waals surface area contributed by atoms with E-state index in [1.54, 1.807) is 7.11 Å². The summed E-state index contributed by atoms with van der Waals surface area (Å²) in [5.41, 5.74) is 0.683. The van der Waals surface area contributed by atoms with E-state index in [-0.39, 0.29) is 5.91 Å². The number of hydrogen-bond donors (Lipinski definition) is 0. The van der Waals surface area contributed by atoms with Gasteiger partial charge in [-0.05, 0) is 19.2 Å². The van der Waals surface area contributed by atoms with Gasteiger partial charge in [-0.25, -0.2) is 0 Å². The molecule has 4 rings (SSSR count). The predicted molar refractivity (Wildman–Crippen MR) is 108 cm³/mol. The number of rotatable bonds is 5. The molecule has 3 heterocycles. The van der Waals surface area contributed by atoms with Crippen molar-refractivity contribution in [3.05, 3.63) is 24.3 Å². The number of carbonyl (C=O) groups is 1. The Bertz CT molecular complexity index is 991. The van der Waals surface area contributed by atoms with Gasteiger partial charge in [0.25, 0.3) is 0 Å². The first-order chi connectivity index (χ1) is 13.6. The van der Waals surface area contributed by atoms with Crippen molar-refractivity contribution in [2.45, 2.75) is 5.16 Å². The van der Waals surface area contributed by atoms with E-state index in [0.717, 1.165) is 31.6 Å². The number of fused-ring (bicyclic) bond motifs is 1. The molecular formula is C19H23N5O3S. The summed E-state index contributed by atoms with van der Waals surface area (Å²) >= 11 is 1.40. The maximum atomic E-state index is 12.5. The highest BCUT2D eigenvalue weighted by molar-refractivity contribution is 7.99. The predicted octanol–water partition coefficient (Wildman–Crippen LogP) is 2.10. The molecule has 0 saturated carbocycles. The molecule has 0 bridgehead atoms. The number of likely N-dealkylation sites (N-methyl/N-ethyl adjacent to an activating group) is 1. The zero-order valence-electron chi connectivity index (χ0n) is 16.2. The number of ether oxygens (including phenoxy) is 1. The number of amides is 1. The average molecular weight is 401 g/mol. The van der Waals surface area contributed by atoms with E-state index in [1.165, 1.54) is 11.8 Å². The maximum Gasteiger partial charge on any atom is 0.233 e. The second-order valence-electron chi connectivity index (χ2n) is 6.83. The summed E-state index contributed by atoms with van der Waals surface area (Å²) in [5.74, 6) is 2.40. The third-order valence-corrected chi connectivity index (χ3v) is 5.97. The van der Waals surface area contributed by atoms with Crippen molar-refractivity contribution in [1.29, 1.82) is 0 Å². The van der Waals surface area contributed by atoms with Gasteiger partial charge in [-0.1, -0.05) is 23.9 Å². The number of methoxy groups -OCH3 is 1. The first-order valence-corrected chi connectivity index (χ1v) is 10.1. The number of thioether (sulfide) groups is 1. The molecule has 1 aromatic carbocycles. The van der Waals surface area contributed by atoms with Crippen LogP contribution in [0.4, 0.5) is 0 Å². The van der Waals surface area contributed by atoms with Crippen molar-refractivity contribution in [1.82, 2.24) is 24.6 Å². The summed E-state index contributed by atoms with van der Waals surface area (Å²) < 4.78 is 13.2. The largest absolute Gasteiger partial charge is 0.493 e. The Hall–Kier alpha value is -2.52. The molecule has 0 aliphatic carbocycles. The molecule has 148 valence electrons. The molecular weight excluding hydrogens is 378 g/mol. The number of benzene rings is 1. The van der Waals surface area contributed by atoms with Crippen molar-refractivity contribution in [3.63, 3.8) is 0 Å². The minimum Gasteiger partial charge on any atom is -0.493 e. The van der Waals surface area contributed by atoms with Crippen LogP contribution in [0.15, 0.2) is 33.8 Å². The summed E-state index contributed by atoms with van der Waals surface area (Å²) in [4.78, 5) is 16.6. The van der Waals surface area contributed by atoms with Gasteiger partial charge in [-0.3, -0.25) is 4.79 Å². The Kier molecular flexibility index (Phi) is 5.27. The molecule has 2 aromatic heterocycles. The molecule has 1 aliphatic heterocycles. The Labute approximate surface area is 167 Å². The molecule has 9 heteroatoms. The zero-order chi connectivity index (χ0) is 19.7. The summed E-state index contributed by atoms with van der Waals surface area (Å²) in [6, 6.07) is 7.66. The lowest BCUT2D eigenvalue weighted by Crippen LogP contribution is -2.47. The van der Waals surface area contributed by atoms with E-state index >= 15 is 0 Å². The van der Waals surface area contributed by atoms with Crippen LogP contribution in [0.2, 0.25) is 0 Å². The molecule has 1 fully saturated rings. The fraction of sp³-hybridized carbons (Fsp3) is 0.421. The Morgan fingerprint density at radius 2 is 2.00 bits per heavy atom. The first-order valence-electron chi connectivity index (χ1n) is 9.12. The van der Waals surface area contributed by atoms with Gasteiger partial charge in [0.05, 0.1) is 12.9 Å². The number of para-hydroxylation sites is 1. The van der Waals surface area contributed by atoms with Gasteiger partial charge in [0.1, 0.15) is 0 Å². The van der Waals surface area contributed by atoms with Gasteiger partial charge in [0.2, 0.25) is 5.91 Å². The highest BCUT2D eigenvalue weighted by Crippen LogP contribution is 2.33.